The van der Waals surface area contributed by atoms with Crippen molar-refractivity contribution < 1.29 is 9.53 Å². The van der Waals surface area contributed by atoms with Gasteiger partial charge in [0.25, 0.3) is 0 Å². The molecule has 1 aromatic rings. The Bertz CT molecular complexity index is 620. The van der Waals surface area contributed by atoms with E-state index in [1.807, 2.05) is 37.3 Å². The maximum atomic E-state index is 11.9. The summed E-state index contributed by atoms with van der Waals surface area (Å²) >= 11 is 0. The maximum absolute atomic E-state index is 11.9. The topological polar surface area (TPSA) is 57.2 Å². The highest BCUT2D eigenvalue weighted by atomic mass is 16.5. The zero-order valence-electron chi connectivity index (χ0n) is 16.1. The molecule has 1 amide bonds. The van der Waals surface area contributed by atoms with Crippen LogP contribution in [0.3, 0.4) is 0 Å². The van der Waals surface area contributed by atoms with E-state index in [1.54, 1.807) is 19.0 Å². The number of hydrogen-bond donors (Lipinski definition) is 1. The highest BCUT2D eigenvalue weighted by Crippen LogP contribution is 2.18. The molecule has 2 rings (SSSR count). The molecular formula is C20H30N4O2. The predicted octanol–water partition coefficient (Wildman–Crippen LogP) is 2.14. The number of ether oxygens (including phenoxy) is 1. The van der Waals surface area contributed by atoms with Crippen molar-refractivity contribution in [1.29, 1.82) is 0 Å². The van der Waals surface area contributed by atoms with Crippen LogP contribution in [0.1, 0.15) is 19.8 Å². The van der Waals surface area contributed by atoms with Gasteiger partial charge in [0.2, 0.25) is 5.91 Å². The average molecular weight is 358 g/mol. The summed E-state index contributed by atoms with van der Waals surface area (Å²) in [6.07, 6.45) is 2.05. The Morgan fingerprint density at radius 1 is 1.31 bits per heavy atom. The van der Waals surface area contributed by atoms with Crippen molar-refractivity contribution in [2.75, 3.05) is 40.3 Å². The first-order chi connectivity index (χ1) is 12.5. The van der Waals surface area contributed by atoms with Crippen LogP contribution in [0.25, 0.3) is 0 Å². The molecule has 0 aliphatic carbocycles. The third-order valence-electron chi connectivity index (χ3n) is 4.20. The Morgan fingerprint density at radius 3 is 2.54 bits per heavy atom. The van der Waals surface area contributed by atoms with Crippen molar-refractivity contribution in [3.8, 4) is 5.75 Å². The molecule has 0 saturated carbocycles. The molecule has 6 heteroatoms. The SMILES string of the molecule is C=C(C)CNC(=NCC(=O)N(C)C)N1CCC(Oc2ccccc2)CC1. The molecule has 1 aromatic carbocycles. The molecule has 0 radical (unpaired) electrons. The van der Waals surface area contributed by atoms with Gasteiger partial charge in [-0.1, -0.05) is 30.4 Å². The van der Waals surface area contributed by atoms with Crippen LogP contribution in [0.2, 0.25) is 0 Å². The van der Waals surface area contributed by atoms with Crippen molar-refractivity contribution in [1.82, 2.24) is 15.1 Å². The Morgan fingerprint density at radius 2 is 1.96 bits per heavy atom. The van der Waals surface area contributed by atoms with Gasteiger partial charge in [-0.15, -0.1) is 0 Å². The van der Waals surface area contributed by atoms with E-state index in [4.69, 9.17) is 4.74 Å². The number of carbonyl (C=O) groups is 1. The zero-order chi connectivity index (χ0) is 18.9. The third-order valence-corrected chi connectivity index (χ3v) is 4.20. The molecule has 0 bridgehead atoms. The number of piperidine rings is 1. The van der Waals surface area contributed by atoms with E-state index < -0.39 is 0 Å². The molecule has 1 fully saturated rings. The first-order valence-corrected chi connectivity index (χ1v) is 9.05. The number of rotatable bonds is 6. The van der Waals surface area contributed by atoms with E-state index in [9.17, 15) is 4.79 Å². The summed E-state index contributed by atoms with van der Waals surface area (Å²) in [5.74, 6) is 1.67. The molecule has 0 aromatic heterocycles. The van der Waals surface area contributed by atoms with Crippen molar-refractivity contribution in [2.45, 2.75) is 25.9 Å². The number of likely N-dealkylation sites (N-methyl/N-ethyl adjacent to an activating group) is 1. The second kappa shape index (κ2) is 9.85. The number of guanidine groups is 1. The van der Waals surface area contributed by atoms with Crippen LogP contribution in [0.15, 0.2) is 47.5 Å². The maximum Gasteiger partial charge on any atom is 0.243 e. The van der Waals surface area contributed by atoms with Crippen molar-refractivity contribution in [2.24, 2.45) is 4.99 Å². The van der Waals surface area contributed by atoms with Gasteiger partial charge in [0.15, 0.2) is 5.96 Å². The van der Waals surface area contributed by atoms with Gasteiger partial charge in [-0.25, -0.2) is 4.99 Å². The van der Waals surface area contributed by atoms with E-state index in [0.717, 1.165) is 43.2 Å². The minimum absolute atomic E-state index is 0.0121. The number of likely N-dealkylation sites (tertiary alicyclic amines) is 1. The number of carbonyl (C=O) groups excluding carboxylic acids is 1. The molecule has 1 aliphatic heterocycles. The molecule has 0 spiro atoms. The fraction of sp³-hybridized carbons (Fsp3) is 0.500. The normalized spacial score (nSPS) is 15.5. The van der Waals surface area contributed by atoms with Crippen LogP contribution in [-0.4, -0.2) is 68.0 Å². The second-order valence-electron chi connectivity index (χ2n) is 6.86. The van der Waals surface area contributed by atoms with Crippen molar-refractivity contribution >= 4 is 11.9 Å². The number of para-hydroxylation sites is 1. The van der Waals surface area contributed by atoms with Crippen molar-refractivity contribution in [3.63, 3.8) is 0 Å². The summed E-state index contributed by atoms with van der Waals surface area (Å²) in [5, 5.41) is 3.31. The fourth-order valence-electron chi connectivity index (χ4n) is 2.66. The number of nitrogens with zero attached hydrogens (tertiary/aromatic N) is 3. The van der Waals surface area contributed by atoms with E-state index in [-0.39, 0.29) is 18.6 Å². The number of aliphatic imine (C=N–C) groups is 1. The summed E-state index contributed by atoms with van der Waals surface area (Å²) in [6.45, 7) is 8.37. The highest BCUT2D eigenvalue weighted by molar-refractivity contribution is 5.85. The van der Waals surface area contributed by atoms with Crippen LogP contribution in [0, 0.1) is 0 Å². The summed E-state index contributed by atoms with van der Waals surface area (Å²) in [5.41, 5.74) is 1.03. The molecular weight excluding hydrogens is 328 g/mol. The lowest BCUT2D eigenvalue weighted by molar-refractivity contribution is -0.127. The van der Waals surface area contributed by atoms with Crippen LogP contribution in [0.4, 0.5) is 0 Å². The smallest absolute Gasteiger partial charge is 0.243 e. The van der Waals surface area contributed by atoms with Gasteiger partial charge in [-0.2, -0.15) is 0 Å². The molecule has 1 N–H and O–H groups in total. The molecule has 142 valence electrons. The summed E-state index contributed by atoms with van der Waals surface area (Å²) in [7, 11) is 3.48. The molecule has 26 heavy (non-hydrogen) atoms. The summed E-state index contributed by atoms with van der Waals surface area (Å²) in [4.78, 5) is 20.1. The average Bonchev–Trinajstić information content (AvgIpc) is 2.63. The Kier molecular flexibility index (Phi) is 7.51. The van der Waals surface area contributed by atoms with E-state index in [2.05, 4.69) is 21.8 Å². The quantitative estimate of drug-likeness (QED) is 0.481. The summed E-state index contributed by atoms with van der Waals surface area (Å²) < 4.78 is 6.05. The first kappa shape index (κ1) is 19.8. The molecule has 0 unspecified atom stereocenters. The molecule has 1 heterocycles. The van der Waals surface area contributed by atoms with Gasteiger partial charge in [-0.3, -0.25) is 4.79 Å². The third kappa shape index (κ3) is 6.43. The first-order valence-electron chi connectivity index (χ1n) is 9.05. The largest absolute Gasteiger partial charge is 0.490 e. The summed E-state index contributed by atoms with van der Waals surface area (Å²) in [6, 6.07) is 9.93. The van der Waals surface area contributed by atoms with E-state index in [0.29, 0.717) is 6.54 Å². The standard InChI is InChI=1S/C20H30N4O2/c1-16(2)14-21-20(22-15-19(25)23(3)4)24-12-10-18(11-13-24)26-17-8-6-5-7-9-17/h5-9,18H,1,10-15H2,2-4H3,(H,21,22). The lowest BCUT2D eigenvalue weighted by atomic mass is 10.1. The number of benzene rings is 1. The minimum Gasteiger partial charge on any atom is -0.490 e. The van der Waals surface area contributed by atoms with Crippen molar-refractivity contribution in [3.05, 3.63) is 42.5 Å². The van der Waals surface area contributed by atoms with Crippen LogP contribution in [-0.2, 0) is 4.79 Å². The second-order valence-corrected chi connectivity index (χ2v) is 6.86. The molecule has 6 nitrogen and oxygen atoms in total. The molecule has 0 atom stereocenters. The van der Waals surface area contributed by atoms with Crippen LogP contribution in [0.5, 0.6) is 5.75 Å². The van der Waals surface area contributed by atoms with Gasteiger partial charge in [0, 0.05) is 46.6 Å². The Balaban J connectivity index is 1.92. The minimum atomic E-state index is -0.0121. The number of nitrogens with one attached hydrogen (secondary N) is 1. The van der Waals surface area contributed by atoms with Crippen LogP contribution >= 0.6 is 0 Å². The lowest BCUT2D eigenvalue weighted by Gasteiger charge is -2.34. The molecule has 1 aliphatic rings. The van der Waals surface area contributed by atoms with Gasteiger partial charge < -0.3 is 19.9 Å². The van der Waals surface area contributed by atoms with Gasteiger partial charge in [0.05, 0.1) is 0 Å². The monoisotopic (exact) mass is 358 g/mol. The Hall–Kier alpha value is -2.50. The van der Waals surface area contributed by atoms with E-state index in [1.165, 1.54) is 0 Å². The van der Waals surface area contributed by atoms with Gasteiger partial charge >= 0.3 is 0 Å². The lowest BCUT2D eigenvalue weighted by Crippen LogP contribution is -2.48. The highest BCUT2D eigenvalue weighted by Gasteiger charge is 2.23. The predicted molar refractivity (Wildman–Crippen MR) is 105 cm³/mol. The molecule has 1 saturated heterocycles. The zero-order valence-corrected chi connectivity index (χ0v) is 16.1. The Labute approximate surface area is 156 Å². The van der Waals surface area contributed by atoms with Crippen LogP contribution < -0.4 is 10.1 Å². The van der Waals surface area contributed by atoms with Gasteiger partial charge in [0.1, 0.15) is 18.4 Å². The number of hydrogen-bond acceptors (Lipinski definition) is 3. The van der Waals surface area contributed by atoms with E-state index >= 15 is 0 Å². The van der Waals surface area contributed by atoms with Gasteiger partial charge in [-0.05, 0) is 19.1 Å². The number of amides is 1. The fourth-order valence-corrected chi connectivity index (χ4v) is 2.66.